The molecule has 0 aromatic carbocycles. The van der Waals surface area contributed by atoms with Crippen LogP contribution in [0, 0.1) is 5.92 Å². The molecule has 1 amide bonds. The number of amides is 1. The zero-order valence-electron chi connectivity index (χ0n) is 12.7. The number of hydrogen-bond acceptors (Lipinski definition) is 3. The second-order valence-corrected chi connectivity index (χ2v) is 5.66. The fourth-order valence-corrected chi connectivity index (χ4v) is 2.72. The molecule has 1 heterocycles. The molecule has 1 aliphatic rings. The van der Waals surface area contributed by atoms with Gasteiger partial charge in [0, 0.05) is 12.6 Å². The number of rotatable bonds is 6. The fourth-order valence-electron chi connectivity index (χ4n) is 2.72. The molecule has 0 spiro atoms. The first-order chi connectivity index (χ1) is 8.42. The van der Waals surface area contributed by atoms with Gasteiger partial charge in [-0.25, -0.2) is 0 Å². The number of nitrogens with one attached hydrogen (secondary N) is 1. The Balaban J connectivity index is 2.74. The Kier molecular flexibility index (Phi) is 5.60. The highest BCUT2D eigenvalue weighted by Gasteiger charge is 2.40. The first-order valence-corrected chi connectivity index (χ1v) is 7.22. The second-order valence-electron chi connectivity index (χ2n) is 5.66. The Morgan fingerprint density at radius 1 is 1.28 bits per heavy atom. The Bertz CT molecular complexity index is 276. The quantitative estimate of drug-likeness (QED) is 0.781. The van der Waals surface area contributed by atoms with Crippen LogP contribution in [0.4, 0.5) is 0 Å². The molecule has 18 heavy (non-hydrogen) atoms. The van der Waals surface area contributed by atoms with Crippen LogP contribution in [0.15, 0.2) is 0 Å². The molecular weight excluding hydrogens is 226 g/mol. The molecule has 1 N–H and O–H groups in total. The van der Waals surface area contributed by atoms with Crippen molar-refractivity contribution in [2.24, 2.45) is 5.92 Å². The largest absolute Gasteiger partial charge is 0.322 e. The number of carbonyl (C=O) groups is 1. The van der Waals surface area contributed by atoms with Crippen LogP contribution in [0.25, 0.3) is 0 Å². The molecule has 0 bridgehead atoms. The molecule has 1 saturated heterocycles. The van der Waals surface area contributed by atoms with Crippen LogP contribution in [-0.4, -0.2) is 53.6 Å². The molecule has 0 aromatic rings. The van der Waals surface area contributed by atoms with Gasteiger partial charge >= 0.3 is 0 Å². The number of nitrogens with zero attached hydrogens (tertiary/aromatic N) is 2. The van der Waals surface area contributed by atoms with Gasteiger partial charge in [-0.15, -0.1) is 0 Å². The summed E-state index contributed by atoms with van der Waals surface area (Å²) >= 11 is 0. The Hall–Kier alpha value is -0.610. The van der Waals surface area contributed by atoms with E-state index in [4.69, 9.17) is 0 Å². The number of likely N-dealkylation sites (N-methyl/N-ethyl adjacent to an activating group) is 1. The minimum absolute atomic E-state index is 0.0449. The lowest BCUT2D eigenvalue weighted by atomic mass is 10.1. The first kappa shape index (κ1) is 15.4. The summed E-state index contributed by atoms with van der Waals surface area (Å²) in [5.74, 6) is 0.686. The lowest BCUT2D eigenvalue weighted by molar-refractivity contribution is -0.132. The Morgan fingerprint density at radius 3 is 2.28 bits per heavy atom. The van der Waals surface area contributed by atoms with Crippen LogP contribution < -0.4 is 5.32 Å². The van der Waals surface area contributed by atoms with E-state index in [9.17, 15) is 4.79 Å². The van der Waals surface area contributed by atoms with Gasteiger partial charge in [-0.3, -0.25) is 10.1 Å². The third-order valence-corrected chi connectivity index (χ3v) is 3.87. The monoisotopic (exact) mass is 255 g/mol. The van der Waals surface area contributed by atoms with Gasteiger partial charge in [-0.2, -0.15) is 0 Å². The summed E-state index contributed by atoms with van der Waals surface area (Å²) in [4.78, 5) is 16.7. The summed E-state index contributed by atoms with van der Waals surface area (Å²) in [5, 5.41) is 3.40. The predicted molar refractivity (Wildman–Crippen MR) is 75.3 cm³/mol. The van der Waals surface area contributed by atoms with Gasteiger partial charge in [0.1, 0.15) is 0 Å². The molecule has 4 nitrogen and oxygen atoms in total. The molecule has 4 heteroatoms. The average Bonchev–Trinajstić information content (AvgIpc) is 2.63. The van der Waals surface area contributed by atoms with Crippen LogP contribution in [0.2, 0.25) is 0 Å². The molecule has 106 valence electrons. The van der Waals surface area contributed by atoms with Crippen LogP contribution in [0.3, 0.4) is 0 Å². The number of hydrogen-bond donors (Lipinski definition) is 1. The van der Waals surface area contributed by atoms with Gasteiger partial charge in [0.15, 0.2) is 0 Å². The van der Waals surface area contributed by atoms with Crippen LogP contribution in [0.5, 0.6) is 0 Å². The van der Waals surface area contributed by atoms with Crippen LogP contribution >= 0.6 is 0 Å². The zero-order valence-corrected chi connectivity index (χ0v) is 12.7. The maximum Gasteiger partial charge on any atom is 0.241 e. The first-order valence-electron chi connectivity index (χ1n) is 7.22. The van der Waals surface area contributed by atoms with Crippen LogP contribution in [0.1, 0.15) is 41.5 Å². The van der Waals surface area contributed by atoms with Gasteiger partial charge in [0.2, 0.25) is 5.91 Å². The van der Waals surface area contributed by atoms with E-state index in [2.05, 4.69) is 44.8 Å². The van der Waals surface area contributed by atoms with Gasteiger partial charge in [-0.1, -0.05) is 27.7 Å². The summed E-state index contributed by atoms with van der Waals surface area (Å²) in [6, 6.07) is 0.221. The van der Waals surface area contributed by atoms with Gasteiger partial charge in [0.05, 0.1) is 12.2 Å². The lowest BCUT2D eigenvalue weighted by Crippen LogP contribution is -2.50. The minimum atomic E-state index is -0.0449. The summed E-state index contributed by atoms with van der Waals surface area (Å²) < 4.78 is 0. The van der Waals surface area contributed by atoms with Crippen molar-refractivity contribution in [1.82, 2.24) is 15.1 Å². The van der Waals surface area contributed by atoms with E-state index >= 15 is 0 Å². The Labute approximate surface area is 112 Å². The third-order valence-electron chi connectivity index (χ3n) is 3.87. The van der Waals surface area contributed by atoms with E-state index in [1.807, 2.05) is 11.8 Å². The van der Waals surface area contributed by atoms with Crippen molar-refractivity contribution in [1.29, 1.82) is 0 Å². The summed E-state index contributed by atoms with van der Waals surface area (Å²) in [6.07, 6.45) is 0.179. The molecule has 1 aliphatic heterocycles. The molecular formula is C14H29N3O. The van der Waals surface area contributed by atoms with E-state index in [0.29, 0.717) is 5.92 Å². The lowest BCUT2D eigenvalue weighted by Gasteiger charge is -2.35. The standard InChI is InChI=1S/C14H29N3O/c1-7-16(8-2)9-11(5)17-13(10(3)4)15-12(6)14(17)18/h10-13,15H,7-9H2,1-6H3. The van der Waals surface area contributed by atoms with E-state index in [-0.39, 0.29) is 24.2 Å². The Morgan fingerprint density at radius 2 is 1.83 bits per heavy atom. The average molecular weight is 255 g/mol. The van der Waals surface area contributed by atoms with Crippen molar-refractivity contribution in [3.63, 3.8) is 0 Å². The molecule has 0 aliphatic carbocycles. The van der Waals surface area contributed by atoms with E-state index in [1.165, 1.54) is 0 Å². The number of carbonyl (C=O) groups excluding carboxylic acids is 1. The van der Waals surface area contributed by atoms with Gasteiger partial charge in [-0.05, 0) is 32.9 Å². The topological polar surface area (TPSA) is 35.6 Å². The van der Waals surface area contributed by atoms with Crippen molar-refractivity contribution < 1.29 is 4.79 Å². The highest BCUT2D eigenvalue weighted by atomic mass is 16.2. The minimum Gasteiger partial charge on any atom is -0.322 e. The summed E-state index contributed by atoms with van der Waals surface area (Å²) in [5.41, 5.74) is 0. The molecule has 3 unspecified atom stereocenters. The van der Waals surface area contributed by atoms with Gasteiger partial charge < -0.3 is 9.80 Å². The maximum atomic E-state index is 12.3. The zero-order chi connectivity index (χ0) is 13.9. The summed E-state index contributed by atoms with van der Waals surface area (Å²) in [7, 11) is 0. The SMILES string of the molecule is CCN(CC)CC(C)N1C(=O)C(C)NC1C(C)C. The molecule has 0 aromatic heterocycles. The van der Waals surface area contributed by atoms with Crippen molar-refractivity contribution in [3.05, 3.63) is 0 Å². The highest BCUT2D eigenvalue weighted by molar-refractivity contribution is 5.84. The fraction of sp³-hybridized carbons (Fsp3) is 0.929. The van der Waals surface area contributed by atoms with Crippen molar-refractivity contribution in [3.8, 4) is 0 Å². The molecule has 1 rings (SSSR count). The molecule has 0 radical (unpaired) electrons. The van der Waals surface area contributed by atoms with E-state index in [0.717, 1.165) is 19.6 Å². The smallest absolute Gasteiger partial charge is 0.241 e. The maximum absolute atomic E-state index is 12.3. The van der Waals surface area contributed by atoms with Crippen LogP contribution in [-0.2, 0) is 4.79 Å². The van der Waals surface area contributed by atoms with Gasteiger partial charge in [0.25, 0.3) is 0 Å². The molecule has 0 saturated carbocycles. The normalized spacial score (nSPS) is 26.4. The van der Waals surface area contributed by atoms with Crippen molar-refractivity contribution in [2.75, 3.05) is 19.6 Å². The predicted octanol–water partition coefficient (Wildman–Crippen LogP) is 1.52. The highest BCUT2D eigenvalue weighted by Crippen LogP contribution is 2.20. The van der Waals surface area contributed by atoms with E-state index < -0.39 is 0 Å². The van der Waals surface area contributed by atoms with Crippen molar-refractivity contribution in [2.45, 2.75) is 59.8 Å². The third kappa shape index (κ3) is 3.23. The van der Waals surface area contributed by atoms with Crippen molar-refractivity contribution >= 4 is 5.91 Å². The summed E-state index contributed by atoms with van der Waals surface area (Å²) in [6.45, 7) is 15.8. The van der Waals surface area contributed by atoms with E-state index in [1.54, 1.807) is 0 Å². The molecule has 3 atom stereocenters. The second kappa shape index (κ2) is 6.53. The molecule has 1 fully saturated rings.